The van der Waals surface area contributed by atoms with Crippen LogP contribution < -0.4 is 0 Å². The molecule has 1 unspecified atom stereocenters. The summed E-state index contributed by atoms with van der Waals surface area (Å²) in [5, 5.41) is 0. The van der Waals surface area contributed by atoms with E-state index in [-0.39, 0.29) is 6.10 Å². The maximum atomic E-state index is 5.88. The van der Waals surface area contributed by atoms with Crippen molar-refractivity contribution in [3.63, 3.8) is 0 Å². The fourth-order valence-electron chi connectivity index (χ4n) is 2.10. The molecule has 1 aromatic carbocycles. The first-order valence-corrected chi connectivity index (χ1v) is 5.14. The molecule has 0 saturated carbocycles. The molecule has 0 N–H and O–H groups in total. The average molecular weight is 188 g/mol. The minimum absolute atomic E-state index is 0.212. The number of rotatable bonds is 2. The first-order valence-electron chi connectivity index (χ1n) is 5.14. The zero-order valence-corrected chi connectivity index (χ0v) is 8.52. The fraction of sp³-hybridized carbons (Fsp3) is 0.385. The van der Waals surface area contributed by atoms with Gasteiger partial charge in [0.2, 0.25) is 0 Å². The van der Waals surface area contributed by atoms with E-state index >= 15 is 0 Å². The van der Waals surface area contributed by atoms with Crippen molar-refractivity contribution in [2.75, 3.05) is 0 Å². The molecule has 1 aliphatic rings. The van der Waals surface area contributed by atoms with Gasteiger partial charge < -0.3 is 4.74 Å². The number of hydrogen-bond donors (Lipinski definition) is 0. The zero-order valence-electron chi connectivity index (χ0n) is 8.52. The Morgan fingerprint density at radius 2 is 2.07 bits per heavy atom. The molecule has 0 spiro atoms. The molecule has 1 heteroatoms. The summed E-state index contributed by atoms with van der Waals surface area (Å²) >= 11 is 0. The molecule has 2 rings (SSSR count). The first-order chi connectivity index (χ1) is 6.81. The Morgan fingerprint density at radius 3 is 2.71 bits per heavy atom. The van der Waals surface area contributed by atoms with E-state index in [1.54, 1.807) is 0 Å². The highest BCUT2D eigenvalue weighted by Crippen LogP contribution is 2.38. The summed E-state index contributed by atoms with van der Waals surface area (Å²) in [5.41, 5.74) is 1.27. The van der Waals surface area contributed by atoms with Crippen LogP contribution in [0.15, 0.2) is 43.0 Å². The van der Waals surface area contributed by atoms with Crippen LogP contribution in [-0.4, -0.2) is 6.10 Å². The van der Waals surface area contributed by atoms with Gasteiger partial charge in [0.1, 0.15) is 0 Å². The molecular weight excluding hydrogens is 172 g/mol. The number of ether oxygens (including phenoxy) is 1. The maximum Gasteiger partial charge on any atom is 0.0891 e. The molecule has 1 nitrogen and oxygen atoms in total. The molecule has 14 heavy (non-hydrogen) atoms. The fourth-order valence-corrected chi connectivity index (χ4v) is 2.10. The van der Waals surface area contributed by atoms with Gasteiger partial charge in [-0.1, -0.05) is 36.4 Å². The third kappa shape index (κ3) is 1.73. The number of hydrogen-bond acceptors (Lipinski definition) is 1. The maximum absolute atomic E-state index is 5.88. The quantitative estimate of drug-likeness (QED) is 0.647. The number of benzene rings is 1. The van der Waals surface area contributed by atoms with E-state index in [4.69, 9.17) is 4.74 Å². The Bertz CT molecular complexity index is 304. The molecule has 1 fully saturated rings. The predicted molar refractivity (Wildman–Crippen MR) is 58.0 cm³/mol. The molecule has 1 saturated heterocycles. The molecule has 0 amide bonds. The molecule has 0 bridgehead atoms. The Kier molecular flexibility index (Phi) is 2.69. The monoisotopic (exact) mass is 188 g/mol. The van der Waals surface area contributed by atoms with Crippen molar-refractivity contribution >= 4 is 0 Å². The largest absolute Gasteiger partial charge is 0.370 e. The molecule has 3 atom stereocenters. The third-order valence-electron chi connectivity index (χ3n) is 2.80. The van der Waals surface area contributed by atoms with Crippen LogP contribution in [0, 0.1) is 5.92 Å². The Hall–Kier alpha value is -1.08. The van der Waals surface area contributed by atoms with E-state index < -0.39 is 0 Å². The minimum atomic E-state index is 0.212. The summed E-state index contributed by atoms with van der Waals surface area (Å²) in [4.78, 5) is 0. The molecule has 1 aliphatic heterocycles. The molecule has 74 valence electrons. The standard InChI is InChI=1S/C13H16O/c1-3-11-9-10(2)14-13(11)12-7-5-4-6-8-12/h3-8,10-11,13H,1,9H2,2H3/t10-,11?,13+/m0/s1. The van der Waals surface area contributed by atoms with Crippen molar-refractivity contribution in [2.45, 2.75) is 25.6 Å². The molecule has 1 heterocycles. The van der Waals surface area contributed by atoms with Crippen LogP contribution >= 0.6 is 0 Å². The van der Waals surface area contributed by atoms with Crippen LogP contribution in [0.5, 0.6) is 0 Å². The van der Waals surface area contributed by atoms with Gasteiger partial charge in [0.15, 0.2) is 0 Å². The van der Waals surface area contributed by atoms with Crippen LogP contribution in [0.4, 0.5) is 0 Å². The lowest BCUT2D eigenvalue weighted by molar-refractivity contribution is 0.0482. The first kappa shape index (κ1) is 9.47. The van der Waals surface area contributed by atoms with Crippen molar-refractivity contribution in [1.29, 1.82) is 0 Å². The van der Waals surface area contributed by atoms with Crippen LogP contribution in [-0.2, 0) is 4.74 Å². The van der Waals surface area contributed by atoms with Crippen LogP contribution in [0.1, 0.15) is 25.0 Å². The topological polar surface area (TPSA) is 9.23 Å². The lowest BCUT2D eigenvalue weighted by Crippen LogP contribution is -2.04. The van der Waals surface area contributed by atoms with Crippen molar-refractivity contribution in [1.82, 2.24) is 0 Å². The van der Waals surface area contributed by atoms with Gasteiger partial charge in [0.05, 0.1) is 12.2 Å². The van der Waals surface area contributed by atoms with E-state index in [9.17, 15) is 0 Å². The smallest absolute Gasteiger partial charge is 0.0891 e. The van der Waals surface area contributed by atoms with Gasteiger partial charge in [0, 0.05) is 5.92 Å². The van der Waals surface area contributed by atoms with E-state index in [0.29, 0.717) is 12.0 Å². The van der Waals surface area contributed by atoms with Gasteiger partial charge in [-0.05, 0) is 18.9 Å². The summed E-state index contributed by atoms with van der Waals surface area (Å²) in [6.45, 7) is 6.00. The summed E-state index contributed by atoms with van der Waals surface area (Å²) in [7, 11) is 0. The SMILES string of the molecule is C=CC1C[C@H](C)O[C@H]1c1ccccc1. The van der Waals surface area contributed by atoms with Crippen molar-refractivity contribution in [3.8, 4) is 0 Å². The highest BCUT2D eigenvalue weighted by Gasteiger charge is 2.31. The van der Waals surface area contributed by atoms with E-state index in [2.05, 4.69) is 37.8 Å². The van der Waals surface area contributed by atoms with Gasteiger partial charge in [-0.2, -0.15) is 0 Å². The summed E-state index contributed by atoms with van der Waals surface area (Å²) < 4.78 is 5.88. The molecule has 0 aromatic heterocycles. The lowest BCUT2D eigenvalue weighted by Gasteiger charge is -2.15. The normalized spacial score (nSPS) is 31.6. The van der Waals surface area contributed by atoms with Crippen LogP contribution in [0.3, 0.4) is 0 Å². The van der Waals surface area contributed by atoms with Gasteiger partial charge in [-0.15, -0.1) is 6.58 Å². The second kappa shape index (κ2) is 3.97. The summed E-state index contributed by atoms with van der Waals surface area (Å²) in [6.07, 6.45) is 3.66. The highest BCUT2D eigenvalue weighted by atomic mass is 16.5. The van der Waals surface area contributed by atoms with Gasteiger partial charge in [0.25, 0.3) is 0 Å². The van der Waals surface area contributed by atoms with Gasteiger partial charge >= 0.3 is 0 Å². The molecule has 0 radical (unpaired) electrons. The predicted octanol–water partition coefficient (Wildman–Crippen LogP) is 3.34. The lowest BCUT2D eigenvalue weighted by atomic mass is 9.94. The second-order valence-electron chi connectivity index (χ2n) is 3.91. The average Bonchev–Trinajstić information content (AvgIpc) is 2.61. The Balaban J connectivity index is 2.22. The molecule has 0 aliphatic carbocycles. The third-order valence-corrected chi connectivity index (χ3v) is 2.80. The van der Waals surface area contributed by atoms with Crippen LogP contribution in [0.25, 0.3) is 0 Å². The highest BCUT2D eigenvalue weighted by molar-refractivity contribution is 5.20. The summed E-state index contributed by atoms with van der Waals surface area (Å²) in [6, 6.07) is 10.4. The minimum Gasteiger partial charge on any atom is -0.370 e. The summed E-state index contributed by atoms with van der Waals surface area (Å²) in [5.74, 6) is 0.465. The van der Waals surface area contributed by atoms with E-state index in [0.717, 1.165) is 6.42 Å². The molecular formula is C13H16O. The Morgan fingerprint density at radius 1 is 1.36 bits per heavy atom. The Labute approximate surface area is 85.4 Å². The van der Waals surface area contributed by atoms with Crippen LogP contribution in [0.2, 0.25) is 0 Å². The van der Waals surface area contributed by atoms with E-state index in [1.165, 1.54) is 5.56 Å². The van der Waals surface area contributed by atoms with Gasteiger partial charge in [-0.25, -0.2) is 0 Å². The molecule has 1 aromatic rings. The van der Waals surface area contributed by atoms with Crippen molar-refractivity contribution in [2.24, 2.45) is 5.92 Å². The second-order valence-corrected chi connectivity index (χ2v) is 3.91. The van der Waals surface area contributed by atoms with Gasteiger partial charge in [-0.3, -0.25) is 0 Å². The van der Waals surface area contributed by atoms with Crippen molar-refractivity contribution < 1.29 is 4.74 Å². The van der Waals surface area contributed by atoms with Crippen molar-refractivity contribution in [3.05, 3.63) is 48.6 Å². The zero-order chi connectivity index (χ0) is 9.97. The van der Waals surface area contributed by atoms with E-state index in [1.807, 2.05) is 12.1 Å².